The van der Waals surface area contributed by atoms with Gasteiger partial charge in [-0.3, -0.25) is 0 Å². The first-order valence-corrected chi connectivity index (χ1v) is 11.0. The first-order chi connectivity index (χ1) is 12.7. The van der Waals surface area contributed by atoms with Gasteiger partial charge in [0.25, 0.3) is 0 Å². The Morgan fingerprint density at radius 1 is 1.12 bits per heavy atom. The minimum atomic E-state index is 0.274. The number of benzene rings is 2. The molecule has 1 heterocycles. The highest BCUT2D eigenvalue weighted by atomic mass is 32.2. The van der Waals surface area contributed by atoms with Gasteiger partial charge in [0.2, 0.25) is 0 Å². The third-order valence-electron chi connectivity index (χ3n) is 5.93. The maximum atomic E-state index is 6.58. The summed E-state index contributed by atoms with van der Waals surface area (Å²) in [4.78, 5) is 0. The van der Waals surface area contributed by atoms with Crippen molar-refractivity contribution >= 4 is 11.9 Å². The maximum Gasteiger partial charge on any atom is 0.0171 e. The number of nitrogens with zero attached hydrogens (tertiary/aromatic N) is 1. The molecule has 138 valence electrons. The van der Waals surface area contributed by atoms with Crippen LogP contribution in [0.2, 0.25) is 0 Å². The van der Waals surface area contributed by atoms with Crippen molar-refractivity contribution in [1.82, 2.24) is 4.31 Å². The van der Waals surface area contributed by atoms with E-state index in [4.69, 9.17) is 5.73 Å². The van der Waals surface area contributed by atoms with Crippen LogP contribution < -0.4 is 5.73 Å². The Bertz CT molecular complexity index is 724. The number of aryl methyl sites for hydroxylation is 1. The first-order valence-electron chi connectivity index (χ1n) is 10.0. The molecule has 1 fully saturated rings. The monoisotopic (exact) mass is 366 g/mol. The van der Waals surface area contributed by atoms with E-state index in [1.807, 2.05) is 11.9 Å². The Kier molecular flexibility index (Phi) is 5.68. The second-order valence-electron chi connectivity index (χ2n) is 7.83. The van der Waals surface area contributed by atoms with Crippen LogP contribution in [0, 0.1) is 0 Å². The smallest absolute Gasteiger partial charge is 0.0171 e. The van der Waals surface area contributed by atoms with Gasteiger partial charge in [0.1, 0.15) is 0 Å². The zero-order chi connectivity index (χ0) is 17.9. The van der Waals surface area contributed by atoms with E-state index in [9.17, 15) is 0 Å². The molecule has 0 radical (unpaired) electrons. The second-order valence-corrected chi connectivity index (χ2v) is 9.02. The molecule has 2 N–H and O–H groups in total. The second kappa shape index (κ2) is 8.16. The van der Waals surface area contributed by atoms with Crippen molar-refractivity contribution < 1.29 is 0 Å². The van der Waals surface area contributed by atoms with E-state index >= 15 is 0 Å². The van der Waals surface area contributed by atoms with Crippen LogP contribution in [0.5, 0.6) is 0 Å². The fourth-order valence-corrected chi connectivity index (χ4v) is 5.31. The molecular weight excluding hydrogens is 336 g/mol. The summed E-state index contributed by atoms with van der Waals surface area (Å²) in [6, 6.07) is 18.4. The zero-order valence-corrected chi connectivity index (χ0v) is 16.5. The van der Waals surface area contributed by atoms with Crippen molar-refractivity contribution in [2.45, 2.75) is 50.5 Å². The van der Waals surface area contributed by atoms with Crippen molar-refractivity contribution in [3.8, 4) is 0 Å². The van der Waals surface area contributed by atoms with Crippen LogP contribution in [-0.2, 0) is 12.8 Å². The molecule has 1 aliphatic carbocycles. The summed E-state index contributed by atoms with van der Waals surface area (Å²) < 4.78 is 2.51. The molecule has 2 aromatic carbocycles. The Morgan fingerprint density at radius 3 is 2.69 bits per heavy atom. The molecule has 0 aromatic heterocycles. The minimum absolute atomic E-state index is 0.274. The summed E-state index contributed by atoms with van der Waals surface area (Å²) >= 11 is 2.01. The summed E-state index contributed by atoms with van der Waals surface area (Å²) in [6.45, 7) is 4.64. The molecule has 3 heteroatoms. The Labute approximate surface area is 162 Å². The van der Waals surface area contributed by atoms with E-state index in [0.29, 0.717) is 11.8 Å². The molecule has 2 nitrogen and oxygen atoms in total. The summed E-state index contributed by atoms with van der Waals surface area (Å²) in [5.41, 5.74) is 12.5. The van der Waals surface area contributed by atoms with Gasteiger partial charge in [-0.05, 0) is 47.9 Å². The van der Waals surface area contributed by atoms with E-state index in [1.54, 1.807) is 0 Å². The van der Waals surface area contributed by atoms with Gasteiger partial charge < -0.3 is 5.73 Å². The fourth-order valence-electron chi connectivity index (χ4n) is 4.30. The lowest BCUT2D eigenvalue weighted by Gasteiger charge is -2.39. The molecular formula is C23H30N2S. The number of rotatable bonds is 6. The summed E-state index contributed by atoms with van der Waals surface area (Å²) in [7, 11) is 0. The van der Waals surface area contributed by atoms with Crippen LogP contribution >= 0.6 is 11.9 Å². The van der Waals surface area contributed by atoms with E-state index in [1.165, 1.54) is 47.5 Å². The average Bonchev–Trinajstić information content (AvgIpc) is 2.64. The Hall–Kier alpha value is -1.29. The van der Waals surface area contributed by atoms with Crippen LogP contribution in [0.25, 0.3) is 0 Å². The molecule has 0 spiro atoms. The number of hydrogen-bond acceptors (Lipinski definition) is 3. The third-order valence-corrected chi connectivity index (χ3v) is 7.18. The summed E-state index contributed by atoms with van der Waals surface area (Å²) in [5.74, 6) is 2.39. The number of fused-ring (bicyclic) bond motifs is 1. The minimum Gasteiger partial charge on any atom is -0.327 e. The van der Waals surface area contributed by atoms with E-state index in [-0.39, 0.29) is 6.04 Å². The van der Waals surface area contributed by atoms with Gasteiger partial charge in [0, 0.05) is 36.7 Å². The molecule has 2 aliphatic rings. The molecule has 0 saturated carbocycles. The highest BCUT2D eigenvalue weighted by Crippen LogP contribution is 2.38. The largest absolute Gasteiger partial charge is 0.327 e. The van der Waals surface area contributed by atoms with Crippen molar-refractivity contribution in [3.63, 3.8) is 0 Å². The van der Waals surface area contributed by atoms with Crippen molar-refractivity contribution in [2.75, 3.05) is 18.8 Å². The quantitative estimate of drug-likeness (QED) is 0.749. The molecule has 1 saturated heterocycles. The van der Waals surface area contributed by atoms with Crippen LogP contribution in [0.3, 0.4) is 0 Å². The molecule has 0 bridgehead atoms. The molecule has 2 unspecified atom stereocenters. The molecule has 1 aliphatic heterocycles. The SMILES string of the molecule is CCCSN1CC(c2ccc3c(c2)C(Cc2ccccc2)C(N)CC3)C1. The lowest BCUT2D eigenvalue weighted by atomic mass is 9.75. The average molecular weight is 367 g/mol. The topological polar surface area (TPSA) is 29.3 Å². The number of nitrogens with two attached hydrogens (primary N) is 1. The van der Waals surface area contributed by atoms with Crippen LogP contribution in [0.15, 0.2) is 48.5 Å². The van der Waals surface area contributed by atoms with Gasteiger partial charge in [-0.1, -0.05) is 67.4 Å². The van der Waals surface area contributed by atoms with Crippen LogP contribution in [0.1, 0.15) is 53.9 Å². The van der Waals surface area contributed by atoms with E-state index in [2.05, 4.69) is 59.8 Å². The van der Waals surface area contributed by atoms with Gasteiger partial charge in [0.05, 0.1) is 0 Å². The predicted octanol–water partition coefficient (Wildman–Crippen LogP) is 4.74. The Morgan fingerprint density at radius 2 is 1.92 bits per heavy atom. The third kappa shape index (κ3) is 3.85. The van der Waals surface area contributed by atoms with Crippen molar-refractivity contribution in [2.24, 2.45) is 5.73 Å². The molecule has 0 amide bonds. The molecule has 26 heavy (non-hydrogen) atoms. The summed E-state index contributed by atoms with van der Waals surface area (Å²) in [5, 5.41) is 0. The highest BCUT2D eigenvalue weighted by Gasteiger charge is 2.31. The van der Waals surface area contributed by atoms with Gasteiger partial charge in [-0.25, -0.2) is 4.31 Å². The zero-order valence-electron chi connectivity index (χ0n) is 15.7. The first kappa shape index (κ1) is 18.1. The molecule has 2 atom stereocenters. The number of hydrogen-bond donors (Lipinski definition) is 1. The van der Waals surface area contributed by atoms with Crippen molar-refractivity contribution in [1.29, 1.82) is 0 Å². The molecule has 4 rings (SSSR count). The van der Waals surface area contributed by atoms with Gasteiger partial charge in [0.15, 0.2) is 0 Å². The lowest BCUT2D eigenvalue weighted by Crippen LogP contribution is -2.40. The summed E-state index contributed by atoms with van der Waals surface area (Å²) in [6.07, 6.45) is 4.55. The van der Waals surface area contributed by atoms with Gasteiger partial charge in [-0.15, -0.1) is 0 Å². The van der Waals surface area contributed by atoms with E-state index in [0.717, 1.165) is 19.3 Å². The van der Waals surface area contributed by atoms with Crippen LogP contribution in [0.4, 0.5) is 0 Å². The normalized spacial score (nSPS) is 23.5. The lowest BCUT2D eigenvalue weighted by molar-refractivity contribution is 0.290. The Balaban J connectivity index is 1.51. The highest BCUT2D eigenvalue weighted by molar-refractivity contribution is 7.97. The maximum absolute atomic E-state index is 6.58. The molecule has 2 aromatic rings. The van der Waals surface area contributed by atoms with Gasteiger partial charge in [-0.2, -0.15) is 0 Å². The van der Waals surface area contributed by atoms with Gasteiger partial charge >= 0.3 is 0 Å². The standard InChI is InChI=1S/C23H30N2S/c1-2-12-26-25-15-20(16-25)19-9-8-18-10-11-23(24)22(21(18)14-19)13-17-6-4-3-5-7-17/h3-9,14,20,22-23H,2,10-13,15-16,24H2,1H3. The fraction of sp³-hybridized carbons (Fsp3) is 0.478. The van der Waals surface area contributed by atoms with Crippen molar-refractivity contribution in [3.05, 3.63) is 70.8 Å². The van der Waals surface area contributed by atoms with E-state index < -0.39 is 0 Å². The van der Waals surface area contributed by atoms with Crippen LogP contribution in [-0.4, -0.2) is 29.2 Å². The predicted molar refractivity (Wildman–Crippen MR) is 113 cm³/mol.